The fraction of sp³-hybridized carbons (Fsp3) is 0.367. The first-order valence-electron chi connectivity index (χ1n) is 14.3. The number of nitrogens with zero attached hydrogens (tertiary/aromatic N) is 4. The van der Waals surface area contributed by atoms with Gasteiger partial charge in [0.25, 0.3) is 18.3 Å². The number of carbonyl (C=O) groups excluding carboxylic acids is 3. The molecule has 2 aliphatic heterocycles. The zero-order valence-corrected chi connectivity index (χ0v) is 25.8. The van der Waals surface area contributed by atoms with Gasteiger partial charge >= 0.3 is 0 Å². The van der Waals surface area contributed by atoms with Crippen LogP contribution in [0.3, 0.4) is 0 Å². The molecule has 0 spiro atoms. The minimum atomic E-state index is -1.37. The average Bonchev–Trinajstić information content (AvgIpc) is 3.44. The number of aliphatic hydroxyl groups is 1. The Bertz CT molecular complexity index is 1630. The molecule has 252 valence electrons. The topological polar surface area (TPSA) is 166 Å². The Morgan fingerprint density at radius 3 is 2.43 bits per heavy atom. The van der Waals surface area contributed by atoms with Gasteiger partial charge in [-0.1, -0.05) is 11.6 Å². The Balaban J connectivity index is 0.00000160. The minimum Gasteiger partial charge on any atom is -0.483 e. The van der Waals surface area contributed by atoms with Gasteiger partial charge in [0.2, 0.25) is 18.6 Å². The predicted octanol–water partition coefficient (Wildman–Crippen LogP) is 2.53. The van der Waals surface area contributed by atoms with Crippen LogP contribution in [0.25, 0.3) is 11.3 Å². The highest BCUT2D eigenvalue weighted by molar-refractivity contribution is 6.34. The maximum atomic E-state index is 14.6. The largest absolute Gasteiger partial charge is 0.483 e. The highest BCUT2D eigenvalue weighted by Crippen LogP contribution is 2.31. The van der Waals surface area contributed by atoms with Gasteiger partial charge < -0.3 is 40.0 Å². The number of imidazole rings is 1. The Morgan fingerprint density at radius 1 is 1.11 bits per heavy atom. The molecule has 17 heteroatoms. The number of aliphatic hydroxyl groups excluding tert-OH is 1. The van der Waals surface area contributed by atoms with E-state index in [0.29, 0.717) is 45.7 Å². The van der Waals surface area contributed by atoms with Crippen molar-refractivity contribution in [2.24, 2.45) is 13.0 Å². The molecule has 3 amide bonds. The number of rotatable bonds is 7. The first-order chi connectivity index (χ1) is 22.5. The van der Waals surface area contributed by atoms with Crippen LogP contribution >= 0.6 is 11.6 Å². The third kappa shape index (κ3) is 8.01. The number of amides is 3. The Labute approximate surface area is 271 Å². The van der Waals surface area contributed by atoms with E-state index in [2.05, 4.69) is 20.4 Å². The monoisotopic (exact) mass is 680 g/mol. The molecular weight excluding hydrogens is 649 g/mol. The highest BCUT2D eigenvalue weighted by atomic mass is 35.5. The second kappa shape index (κ2) is 15.8. The lowest BCUT2D eigenvalue weighted by molar-refractivity contribution is -0.138. The molecule has 3 heterocycles. The molecule has 3 aromatic rings. The van der Waals surface area contributed by atoms with E-state index in [9.17, 15) is 32.7 Å². The SMILES string of the molecule is Cn1c(-c2ccc(OCF)c(F)c2F)cnc1C(=O)Nc1ccc(C(=O)N2CCN(C(=O)C3CNCC(O)C3)CC2)c(Cl)c1.O=CO. The van der Waals surface area contributed by atoms with Crippen LogP contribution in [-0.2, 0) is 16.6 Å². The van der Waals surface area contributed by atoms with Crippen LogP contribution in [-0.4, -0.2) is 106 Å². The quantitative estimate of drug-likeness (QED) is 0.274. The van der Waals surface area contributed by atoms with E-state index < -0.39 is 36.3 Å². The molecular formula is C30H32ClF3N6O7. The smallest absolute Gasteiger partial charge is 0.291 e. The van der Waals surface area contributed by atoms with E-state index in [4.69, 9.17) is 21.5 Å². The number of carboxylic acid groups (broad SMARTS) is 1. The van der Waals surface area contributed by atoms with Gasteiger partial charge in [0.05, 0.1) is 34.5 Å². The van der Waals surface area contributed by atoms with Crippen molar-refractivity contribution >= 4 is 41.5 Å². The molecule has 2 unspecified atom stereocenters. The first kappa shape index (κ1) is 35.2. The molecule has 2 saturated heterocycles. The maximum Gasteiger partial charge on any atom is 0.291 e. The zero-order chi connectivity index (χ0) is 34.2. The second-order valence-corrected chi connectivity index (χ2v) is 11.0. The van der Waals surface area contributed by atoms with Gasteiger partial charge in [0.1, 0.15) is 0 Å². The van der Waals surface area contributed by atoms with Gasteiger partial charge in [0, 0.05) is 57.6 Å². The van der Waals surface area contributed by atoms with Crippen molar-refractivity contribution in [2.75, 3.05) is 51.4 Å². The molecule has 47 heavy (non-hydrogen) atoms. The number of nitrogens with one attached hydrogen (secondary N) is 2. The van der Waals surface area contributed by atoms with Crippen molar-refractivity contribution < 1.29 is 47.3 Å². The van der Waals surface area contributed by atoms with Crippen LogP contribution in [0.4, 0.5) is 18.9 Å². The molecule has 1 aromatic heterocycles. The third-order valence-electron chi connectivity index (χ3n) is 7.74. The normalized spacial score (nSPS) is 17.7. The van der Waals surface area contributed by atoms with Crippen LogP contribution in [0.5, 0.6) is 5.75 Å². The Morgan fingerprint density at radius 2 is 1.79 bits per heavy atom. The van der Waals surface area contributed by atoms with Crippen LogP contribution in [0.1, 0.15) is 27.4 Å². The van der Waals surface area contributed by atoms with Crippen molar-refractivity contribution in [3.63, 3.8) is 0 Å². The van der Waals surface area contributed by atoms with E-state index >= 15 is 0 Å². The summed E-state index contributed by atoms with van der Waals surface area (Å²) < 4.78 is 47.0. The summed E-state index contributed by atoms with van der Waals surface area (Å²) >= 11 is 6.42. The van der Waals surface area contributed by atoms with Gasteiger partial charge in [-0.05, 0) is 36.8 Å². The number of halogens is 4. The number of aromatic nitrogens is 2. The van der Waals surface area contributed by atoms with E-state index in [1.807, 2.05) is 0 Å². The lowest BCUT2D eigenvalue weighted by Crippen LogP contribution is -2.54. The van der Waals surface area contributed by atoms with E-state index in [0.717, 1.165) is 6.07 Å². The number of β-amino-alcohol motifs (C(OH)–C–C–N with tert-alkyl or cyclic N) is 1. The maximum absolute atomic E-state index is 14.6. The molecule has 2 aliphatic rings. The Kier molecular flexibility index (Phi) is 11.8. The van der Waals surface area contributed by atoms with Crippen molar-refractivity contribution in [1.82, 2.24) is 24.7 Å². The van der Waals surface area contributed by atoms with Gasteiger partial charge in [-0.3, -0.25) is 19.2 Å². The molecule has 0 bridgehead atoms. The fourth-order valence-electron chi connectivity index (χ4n) is 5.39. The zero-order valence-electron chi connectivity index (χ0n) is 25.1. The molecule has 5 rings (SSSR count). The number of piperazine rings is 1. The van der Waals surface area contributed by atoms with Crippen LogP contribution < -0.4 is 15.4 Å². The first-order valence-corrected chi connectivity index (χ1v) is 14.7. The van der Waals surface area contributed by atoms with Gasteiger partial charge in [0.15, 0.2) is 17.4 Å². The predicted molar refractivity (Wildman–Crippen MR) is 163 cm³/mol. The number of anilines is 1. The molecule has 4 N–H and O–H groups in total. The van der Waals surface area contributed by atoms with Crippen LogP contribution in [0, 0.1) is 17.6 Å². The van der Waals surface area contributed by atoms with Crippen LogP contribution in [0.2, 0.25) is 5.02 Å². The molecule has 2 fully saturated rings. The highest BCUT2D eigenvalue weighted by Gasteiger charge is 2.32. The summed E-state index contributed by atoms with van der Waals surface area (Å²) in [4.78, 5) is 54.7. The molecule has 2 aromatic carbocycles. The number of piperidine rings is 1. The molecule has 13 nitrogen and oxygen atoms in total. The van der Waals surface area contributed by atoms with Gasteiger partial charge in [-0.15, -0.1) is 0 Å². The van der Waals surface area contributed by atoms with Crippen molar-refractivity contribution in [3.8, 4) is 17.0 Å². The summed E-state index contributed by atoms with van der Waals surface area (Å²) in [5.41, 5.74) is 0.376. The third-order valence-corrected chi connectivity index (χ3v) is 8.05. The number of alkyl halides is 1. The average molecular weight is 681 g/mol. The number of benzene rings is 2. The summed E-state index contributed by atoms with van der Waals surface area (Å²) in [6.45, 7) is 0.772. The molecule has 2 atom stereocenters. The molecule has 0 radical (unpaired) electrons. The summed E-state index contributed by atoms with van der Waals surface area (Å²) in [5, 5.41) is 22.5. The van der Waals surface area contributed by atoms with Crippen molar-refractivity contribution in [2.45, 2.75) is 12.5 Å². The summed E-state index contributed by atoms with van der Waals surface area (Å²) in [6.07, 6.45) is 1.05. The molecule has 0 saturated carbocycles. The Hall–Kier alpha value is -4.67. The lowest BCUT2D eigenvalue weighted by atomic mass is 9.96. The van der Waals surface area contributed by atoms with Gasteiger partial charge in [-0.2, -0.15) is 4.39 Å². The van der Waals surface area contributed by atoms with Gasteiger partial charge in [-0.25, -0.2) is 13.8 Å². The number of hydrogen-bond acceptors (Lipinski definition) is 8. The second-order valence-electron chi connectivity index (χ2n) is 10.6. The summed E-state index contributed by atoms with van der Waals surface area (Å²) in [6, 6.07) is 6.66. The number of carbonyl (C=O) groups is 4. The number of ether oxygens (including phenoxy) is 1. The summed E-state index contributed by atoms with van der Waals surface area (Å²) in [7, 11) is 1.44. The standard InChI is InChI=1S/C29H30ClF3N6O5.CH2O2/c1-37-22(20-4-5-23(44-15-31)25(33)24(20)32)14-35-26(37)27(41)36-17-2-3-19(21(30)11-17)29(43)39-8-6-38(7-9-39)28(42)16-10-18(40)13-34-12-16;2-1-3/h2-5,11,14,16,18,34,40H,6-10,12-13,15H2,1H3,(H,36,41);1H,(H,2,3). The molecule has 0 aliphatic carbocycles. The lowest BCUT2D eigenvalue weighted by Gasteiger charge is -2.37. The van der Waals surface area contributed by atoms with E-state index in [1.54, 1.807) is 9.80 Å². The minimum absolute atomic E-state index is 0.0419. The van der Waals surface area contributed by atoms with E-state index in [-0.39, 0.29) is 57.6 Å². The fourth-order valence-corrected chi connectivity index (χ4v) is 5.65. The van der Waals surface area contributed by atoms with Crippen molar-refractivity contribution in [1.29, 1.82) is 0 Å². The van der Waals surface area contributed by atoms with Crippen molar-refractivity contribution in [3.05, 3.63) is 64.6 Å². The van der Waals surface area contributed by atoms with Crippen LogP contribution in [0.15, 0.2) is 36.5 Å². The summed E-state index contributed by atoms with van der Waals surface area (Å²) in [5.74, 6) is -4.69. The van der Waals surface area contributed by atoms with E-state index in [1.165, 1.54) is 42.1 Å². The number of hydrogen-bond donors (Lipinski definition) is 4.